The zero-order valence-corrected chi connectivity index (χ0v) is 16.5. The van der Waals surface area contributed by atoms with Crippen LogP contribution in [0.1, 0.15) is 36.5 Å². The van der Waals surface area contributed by atoms with Crippen LogP contribution in [0, 0.1) is 11.3 Å². The van der Waals surface area contributed by atoms with Gasteiger partial charge in [0, 0.05) is 10.9 Å². The van der Waals surface area contributed by atoms with Gasteiger partial charge in [0.15, 0.2) is 0 Å². The highest BCUT2D eigenvalue weighted by Gasteiger charge is 2.14. The van der Waals surface area contributed by atoms with Crippen molar-refractivity contribution in [2.75, 3.05) is 0 Å². The van der Waals surface area contributed by atoms with Gasteiger partial charge in [-0.2, -0.15) is 5.26 Å². The van der Waals surface area contributed by atoms with Crippen LogP contribution in [0.5, 0.6) is 0 Å². The summed E-state index contributed by atoms with van der Waals surface area (Å²) in [5.41, 5.74) is 4.50. The van der Waals surface area contributed by atoms with E-state index < -0.39 is 0 Å². The Morgan fingerprint density at radius 2 is 1.89 bits per heavy atom. The molecule has 2 heterocycles. The lowest BCUT2D eigenvalue weighted by atomic mass is 9.99. The van der Waals surface area contributed by atoms with Crippen molar-refractivity contribution in [1.29, 1.82) is 5.26 Å². The van der Waals surface area contributed by atoms with E-state index in [4.69, 9.17) is 0 Å². The van der Waals surface area contributed by atoms with E-state index in [-0.39, 0.29) is 5.56 Å². The first-order chi connectivity index (χ1) is 13.6. The number of rotatable bonds is 4. The summed E-state index contributed by atoms with van der Waals surface area (Å²) in [7, 11) is 0. The Bertz CT molecular complexity index is 1240. The summed E-state index contributed by atoms with van der Waals surface area (Å²) in [5.74, 6) is 0.465. The number of benzene rings is 2. The van der Waals surface area contributed by atoms with Crippen molar-refractivity contribution >= 4 is 21.6 Å². The van der Waals surface area contributed by atoms with Gasteiger partial charge < -0.3 is 0 Å². The summed E-state index contributed by atoms with van der Waals surface area (Å²) in [6.45, 7) is 4.65. The normalized spacial score (nSPS) is 11.1. The minimum absolute atomic E-state index is 0.0815. The van der Waals surface area contributed by atoms with E-state index in [1.165, 1.54) is 16.9 Å². The molecule has 0 aliphatic rings. The molecule has 0 fully saturated rings. The van der Waals surface area contributed by atoms with Gasteiger partial charge in [0.25, 0.3) is 5.56 Å². The first kappa shape index (κ1) is 18.1. The van der Waals surface area contributed by atoms with E-state index in [9.17, 15) is 10.1 Å². The highest BCUT2D eigenvalue weighted by atomic mass is 32.1. The van der Waals surface area contributed by atoms with Crippen molar-refractivity contribution in [3.8, 4) is 17.2 Å². The molecule has 28 heavy (non-hydrogen) atoms. The second-order valence-electron chi connectivity index (χ2n) is 7.05. The monoisotopic (exact) mass is 385 g/mol. The molecule has 4 aromatic rings. The summed E-state index contributed by atoms with van der Waals surface area (Å²) >= 11 is 1.48. The smallest absolute Gasteiger partial charge is 0.263 e. The quantitative estimate of drug-likeness (QED) is 0.487. The van der Waals surface area contributed by atoms with Gasteiger partial charge in [0.05, 0.1) is 29.9 Å². The molecule has 0 bridgehead atoms. The van der Waals surface area contributed by atoms with E-state index in [2.05, 4.69) is 49.2 Å². The lowest BCUT2D eigenvalue weighted by molar-refractivity contribution is 0.748. The molecule has 0 unspecified atom stereocenters. The zero-order valence-electron chi connectivity index (χ0n) is 15.7. The van der Waals surface area contributed by atoms with Crippen LogP contribution < -0.4 is 5.56 Å². The van der Waals surface area contributed by atoms with Crippen LogP contribution in [0.3, 0.4) is 0 Å². The van der Waals surface area contributed by atoms with E-state index in [0.29, 0.717) is 23.4 Å². The Morgan fingerprint density at radius 1 is 1.14 bits per heavy atom. The van der Waals surface area contributed by atoms with E-state index in [1.807, 2.05) is 23.6 Å². The second-order valence-corrected chi connectivity index (χ2v) is 7.91. The summed E-state index contributed by atoms with van der Waals surface area (Å²) in [4.78, 5) is 18.4. The zero-order chi connectivity index (χ0) is 19.7. The van der Waals surface area contributed by atoms with Crippen LogP contribution in [0.4, 0.5) is 0 Å². The van der Waals surface area contributed by atoms with Crippen molar-refractivity contribution in [2.24, 2.45) is 0 Å². The van der Waals surface area contributed by atoms with E-state index in [1.54, 1.807) is 17.0 Å². The van der Waals surface area contributed by atoms with Crippen molar-refractivity contribution in [3.05, 3.63) is 87.3 Å². The van der Waals surface area contributed by atoms with E-state index in [0.717, 1.165) is 21.5 Å². The Kier molecular flexibility index (Phi) is 4.81. The first-order valence-electron chi connectivity index (χ1n) is 9.13. The third kappa shape index (κ3) is 3.23. The number of thiophene rings is 1. The first-order valence-corrected chi connectivity index (χ1v) is 10.0. The molecule has 0 radical (unpaired) electrons. The Hall–Kier alpha value is -3.23. The molecule has 138 valence electrons. The summed E-state index contributed by atoms with van der Waals surface area (Å²) in [5, 5.41) is 11.9. The third-order valence-corrected chi connectivity index (χ3v) is 5.81. The molecule has 5 heteroatoms. The number of aromatic nitrogens is 2. The molecule has 0 saturated heterocycles. The van der Waals surface area contributed by atoms with Crippen LogP contribution in [-0.4, -0.2) is 9.55 Å². The Labute approximate surface area is 167 Å². The molecule has 0 saturated carbocycles. The van der Waals surface area contributed by atoms with Crippen LogP contribution in [0.2, 0.25) is 0 Å². The summed E-state index contributed by atoms with van der Waals surface area (Å²) in [6, 6.07) is 17.9. The number of hydrogen-bond donors (Lipinski definition) is 0. The predicted octanol–water partition coefficient (Wildman–Crippen LogP) is 5.17. The third-order valence-electron chi connectivity index (χ3n) is 4.93. The minimum Gasteiger partial charge on any atom is -0.294 e. The molecule has 0 spiro atoms. The second kappa shape index (κ2) is 7.41. The van der Waals surface area contributed by atoms with Crippen molar-refractivity contribution in [2.45, 2.75) is 26.3 Å². The molecule has 0 atom stereocenters. The highest BCUT2D eigenvalue weighted by Crippen LogP contribution is 2.31. The average molecular weight is 385 g/mol. The van der Waals surface area contributed by atoms with Crippen LogP contribution in [0.25, 0.3) is 21.3 Å². The lowest BCUT2D eigenvalue weighted by Gasteiger charge is -2.09. The molecule has 4 rings (SSSR count). The number of nitrogens with zero attached hydrogens (tertiary/aromatic N) is 3. The van der Waals surface area contributed by atoms with Crippen molar-refractivity contribution < 1.29 is 0 Å². The molecule has 0 aliphatic heterocycles. The van der Waals surface area contributed by atoms with Crippen LogP contribution in [0.15, 0.2) is 65.0 Å². The summed E-state index contributed by atoms with van der Waals surface area (Å²) in [6.07, 6.45) is 1.57. The molecule has 0 N–H and O–H groups in total. The maximum atomic E-state index is 13.2. The molecule has 2 aromatic heterocycles. The van der Waals surface area contributed by atoms with Crippen molar-refractivity contribution in [3.63, 3.8) is 0 Å². The molecule has 4 nitrogen and oxygen atoms in total. The summed E-state index contributed by atoms with van der Waals surface area (Å²) < 4.78 is 1.58. The van der Waals surface area contributed by atoms with Gasteiger partial charge in [-0.3, -0.25) is 9.36 Å². The Balaban J connectivity index is 1.80. The van der Waals surface area contributed by atoms with E-state index >= 15 is 0 Å². The SMILES string of the molecule is CC(C)c1ccc(-c2csc3ncn(Cc4ccccc4C#N)c(=O)c23)cc1. The lowest BCUT2D eigenvalue weighted by Crippen LogP contribution is -2.21. The Morgan fingerprint density at radius 3 is 2.61 bits per heavy atom. The molecular formula is C23H19N3OS. The molecule has 0 aliphatic carbocycles. The van der Waals surface area contributed by atoms with Gasteiger partial charge in [-0.1, -0.05) is 56.3 Å². The van der Waals surface area contributed by atoms with Gasteiger partial charge in [0.1, 0.15) is 4.83 Å². The standard InChI is InChI=1S/C23H19N3OS/c1-15(2)16-7-9-17(10-8-16)20-13-28-22-21(20)23(27)26(14-25-22)12-19-6-4-3-5-18(19)11-24/h3-10,13-15H,12H2,1-2H3. The molecule has 2 aromatic carbocycles. The number of fused-ring (bicyclic) bond motifs is 1. The topological polar surface area (TPSA) is 58.7 Å². The van der Waals surface area contributed by atoms with Crippen molar-refractivity contribution in [1.82, 2.24) is 9.55 Å². The van der Waals surface area contributed by atoms with Gasteiger partial charge in [0.2, 0.25) is 0 Å². The van der Waals surface area contributed by atoms with Gasteiger partial charge in [-0.15, -0.1) is 11.3 Å². The average Bonchev–Trinajstić information content (AvgIpc) is 3.15. The van der Waals surface area contributed by atoms with Gasteiger partial charge >= 0.3 is 0 Å². The maximum Gasteiger partial charge on any atom is 0.263 e. The maximum absolute atomic E-state index is 13.2. The van der Waals surface area contributed by atoms with Crippen LogP contribution >= 0.6 is 11.3 Å². The van der Waals surface area contributed by atoms with Gasteiger partial charge in [-0.25, -0.2) is 4.98 Å². The fourth-order valence-corrected chi connectivity index (χ4v) is 4.20. The van der Waals surface area contributed by atoms with Crippen LogP contribution in [-0.2, 0) is 6.54 Å². The largest absolute Gasteiger partial charge is 0.294 e. The highest BCUT2D eigenvalue weighted by molar-refractivity contribution is 7.17. The minimum atomic E-state index is -0.0815. The predicted molar refractivity (Wildman–Crippen MR) is 114 cm³/mol. The number of nitriles is 1. The van der Waals surface area contributed by atoms with Gasteiger partial charge in [-0.05, 0) is 28.7 Å². The fourth-order valence-electron chi connectivity index (χ4n) is 3.29. The molecular weight excluding hydrogens is 366 g/mol. The fraction of sp³-hybridized carbons (Fsp3) is 0.174. The molecule has 0 amide bonds. The number of hydrogen-bond acceptors (Lipinski definition) is 4.